The Hall–Kier alpha value is -0.910. The van der Waals surface area contributed by atoms with E-state index in [1.54, 1.807) is 0 Å². The molecule has 2 heterocycles. The van der Waals surface area contributed by atoms with Gasteiger partial charge in [-0.2, -0.15) is 5.10 Å². The van der Waals surface area contributed by atoms with Gasteiger partial charge in [0.05, 0.1) is 12.2 Å². The molecule has 0 spiro atoms. The zero-order valence-corrected chi connectivity index (χ0v) is 12.4. The number of aryl methyl sites for hydroxylation is 1. The molecule has 2 unspecified atom stereocenters. The van der Waals surface area contributed by atoms with Crippen molar-refractivity contribution in [3.8, 4) is 0 Å². The van der Waals surface area contributed by atoms with Crippen LogP contribution in [0.3, 0.4) is 0 Å². The first-order valence-corrected chi connectivity index (χ1v) is 7.36. The molecule has 2 atom stereocenters. The van der Waals surface area contributed by atoms with E-state index in [0.717, 1.165) is 26.2 Å². The number of aromatic nitrogens is 2. The predicted molar refractivity (Wildman–Crippen MR) is 78.0 cm³/mol. The van der Waals surface area contributed by atoms with Crippen LogP contribution >= 0.6 is 0 Å². The van der Waals surface area contributed by atoms with Gasteiger partial charge in [-0.1, -0.05) is 6.92 Å². The second-order valence-corrected chi connectivity index (χ2v) is 5.42. The molecule has 1 aliphatic rings. The Morgan fingerprint density at radius 3 is 2.79 bits per heavy atom. The molecule has 2 rings (SSSR count). The van der Waals surface area contributed by atoms with Crippen LogP contribution < -0.4 is 5.73 Å². The highest BCUT2D eigenvalue weighted by Gasteiger charge is 2.28. The summed E-state index contributed by atoms with van der Waals surface area (Å²) in [5, 5.41) is 4.38. The third-order valence-electron chi connectivity index (χ3n) is 4.31. The number of rotatable bonds is 5. The van der Waals surface area contributed by atoms with E-state index in [-0.39, 0.29) is 0 Å². The van der Waals surface area contributed by atoms with Crippen LogP contribution in [-0.4, -0.2) is 58.8 Å². The lowest BCUT2D eigenvalue weighted by atomic mass is 10.0. The van der Waals surface area contributed by atoms with E-state index in [2.05, 4.69) is 42.0 Å². The summed E-state index contributed by atoms with van der Waals surface area (Å²) in [7, 11) is 2.22. The summed E-state index contributed by atoms with van der Waals surface area (Å²) in [5.74, 6) is 0. The number of nitrogens with zero attached hydrogens (tertiary/aromatic N) is 4. The first kappa shape index (κ1) is 14.5. The second-order valence-electron chi connectivity index (χ2n) is 5.42. The van der Waals surface area contributed by atoms with Crippen LogP contribution in [0.1, 0.15) is 31.9 Å². The number of piperazine rings is 1. The fourth-order valence-corrected chi connectivity index (χ4v) is 2.91. The molecule has 0 aromatic carbocycles. The highest BCUT2D eigenvalue weighted by molar-refractivity contribution is 5.12. The lowest BCUT2D eigenvalue weighted by Gasteiger charge is -2.42. The van der Waals surface area contributed by atoms with Crippen LogP contribution in [0.4, 0.5) is 0 Å². The minimum Gasteiger partial charge on any atom is -0.329 e. The first-order valence-electron chi connectivity index (χ1n) is 7.36. The van der Waals surface area contributed by atoms with Gasteiger partial charge in [0.1, 0.15) is 0 Å². The third-order valence-corrected chi connectivity index (χ3v) is 4.31. The maximum absolute atomic E-state index is 6.02. The smallest absolute Gasteiger partial charge is 0.0538 e. The maximum Gasteiger partial charge on any atom is 0.0538 e. The highest BCUT2D eigenvalue weighted by Crippen LogP contribution is 2.23. The highest BCUT2D eigenvalue weighted by atomic mass is 15.3. The van der Waals surface area contributed by atoms with Crippen molar-refractivity contribution in [3.63, 3.8) is 0 Å². The van der Waals surface area contributed by atoms with E-state index in [1.165, 1.54) is 12.0 Å². The van der Waals surface area contributed by atoms with E-state index >= 15 is 0 Å². The summed E-state index contributed by atoms with van der Waals surface area (Å²) in [4.78, 5) is 4.98. The zero-order chi connectivity index (χ0) is 13.8. The molecule has 0 saturated carbocycles. The van der Waals surface area contributed by atoms with Crippen LogP contribution in [0.25, 0.3) is 0 Å². The van der Waals surface area contributed by atoms with Crippen molar-refractivity contribution in [2.75, 3.05) is 33.2 Å². The molecule has 5 nitrogen and oxygen atoms in total. The molecule has 1 aliphatic heterocycles. The Balaban J connectivity index is 2.09. The number of nitrogens with two attached hydrogens (primary N) is 1. The molecule has 5 heteroatoms. The van der Waals surface area contributed by atoms with Gasteiger partial charge >= 0.3 is 0 Å². The molecule has 0 amide bonds. The summed E-state index contributed by atoms with van der Waals surface area (Å²) in [5.41, 5.74) is 7.27. The fourth-order valence-electron chi connectivity index (χ4n) is 2.91. The zero-order valence-electron chi connectivity index (χ0n) is 12.4. The van der Waals surface area contributed by atoms with E-state index in [4.69, 9.17) is 5.73 Å². The van der Waals surface area contributed by atoms with Gasteiger partial charge in [0.2, 0.25) is 0 Å². The molecule has 1 fully saturated rings. The summed E-state index contributed by atoms with van der Waals surface area (Å²) < 4.78 is 1.98. The quantitative estimate of drug-likeness (QED) is 0.860. The van der Waals surface area contributed by atoms with E-state index in [9.17, 15) is 0 Å². The Kier molecular flexibility index (Phi) is 4.96. The maximum atomic E-state index is 6.02. The standard InChI is InChI=1S/C14H27N5/c1-4-13-11-18(7-6-17(13)3)14(8-15)12-9-16-19(5-2)10-12/h9-10,13-14H,4-8,11,15H2,1-3H3. The second kappa shape index (κ2) is 6.50. The average Bonchev–Trinajstić information content (AvgIpc) is 2.90. The average molecular weight is 265 g/mol. The number of likely N-dealkylation sites (N-methyl/N-ethyl adjacent to an activating group) is 1. The van der Waals surface area contributed by atoms with Gasteiger partial charge in [-0.3, -0.25) is 9.58 Å². The normalized spacial score (nSPS) is 23.7. The first-order chi connectivity index (χ1) is 9.19. The molecular formula is C14H27N5. The van der Waals surface area contributed by atoms with Crippen LogP contribution in [0.15, 0.2) is 12.4 Å². The lowest BCUT2D eigenvalue weighted by Crippen LogP contribution is -2.53. The fraction of sp³-hybridized carbons (Fsp3) is 0.786. The van der Waals surface area contributed by atoms with E-state index in [1.807, 2.05) is 10.9 Å². The molecule has 1 aromatic rings. The lowest BCUT2D eigenvalue weighted by molar-refractivity contribution is 0.0643. The van der Waals surface area contributed by atoms with Crippen molar-refractivity contribution in [1.29, 1.82) is 0 Å². The van der Waals surface area contributed by atoms with Crippen molar-refractivity contribution in [1.82, 2.24) is 19.6 Å². The molecule has 0 bridgehead atoms. The molecule has 1 saturated heterocycles. The van der Waals surface area contributed by atoms with Gasteiger partial charge < -0.3 is 10.6 Å². The van der Waals surface area contributed by atoms with Gasteiger partial charge in [0, 0.05) is 50.5 Å². The monoisotopic (exact) mass is 265 g/mol. The molecule has 0 radical (unpaired) electrons. The van der Waals surface area contributed by atoms with Crippen molar-refractivity contribution in [2.24, 2.45) is 5.73 Å². The largest absolute Gasteiger partial charge is 0.329 e. The molecular weight excluding hydrogens is 238 g/mol. The Bertz CT molecular complexity index is 389. The van der Waals surface area contributed by atoms with Gasteiger partial charge in [-0.25, -0.2) is 0 Å². The Morgan fingerprint density at radius 2 is 2.21 bits per heavy atom. The van der Waals surface area contributed by atoms with Gasteiger partial charge in [-0.05, 0) is 20.4 Å². The van der Waals surface area contributed by atoms with Crippen molar-refractivity contribution < 1.29 is 0 Å². The minimum absolute atomic E-state index is 0.308. The summed E-state index contributed by atoms with van der Waals surface area (Å²) >= 11 is 0. The summed E-state index contributed by atoms with van der Waals surface area (Å²) in [6.45, 7) is 9.26. The van der Waals surface area contributed by atoms with Gasteiger partial charge in [0.25, 0.3) is 0 Å². The topological polar surface area (TPSA) is 50.3 Å². The van der Waals surface area contributed by atoms with Crippen molar-refractivity contribution in [3.05, 3.63) is 18.0 Å². The SMILES string of the molecule is CCC1CN(C(CN)c2cnn(CC)c2)CCN1C. The predicted octanol–water partition coefficient (Wildman–Crippen LogP) is 0.929. The summed E-state index contributed by atoms with van der Waals surface area (Å²) in [6, 6.07) is 0.951. The van der Waals surface area contributed by atoms with Gasteiger partial charge in [0.15, 0.2) is 0 Å². The van der Waals surface area contributed by atoms with Crippen LogP contribution in [0.5, 0.6) is 0 Å². The number of hydrogen-bond acceptors (Lipinski definition) is 4. The van der Waals surface area contributed by atoms with Crippen LogP contribution in [-0.2, 0) is 6.54 Å². The minimum atomic E-state index is 0.308. The summed E-state index contributed by atoms with van der Waals surface area (Å²) in [6.07, 6.45) is 5.30. The number of hydrogen-bond donors (Lipinski definition) is 1. The molecule has 1 aromatic heterocycles. The van der Waals surface area contributed by atoms with Crippen molar-refractivity contribution in [2.45, 2.75) is 38.9 Å². The van der Waals surface area contributed by atoms with E-state index < -0.39 is 0 Å². The van der Waals surface area contributed by atoms with E-state index in [0.29, 0.717) is 18.6 Å². The molecule has 19 heavy (non-hydrogen) atoms. The Morgan fingerprint density at radius 1 is 1.42 bits per heavy atom. The third kappa shape index (κ3) is 3.16. The molecule has 0 aliphatic carbocycles. The van der Waals surface area contributed by atoms with Crippen molar-refractivity contribution >= 4 is 0 Å². The molecule has 2 N–H and O–H groups in total. The molecule has 108 valence electrons. The van der Waals surface area contributed by atoms with Crippen LogP contribution in [0, 0.1) is 0 Å². The van der Waals surface area contributed by atoms with Gasteiger partial charge in [-0.15, -0.1) is 0 Å². The van der Waals surface area contributed by atoms with Crippen LogP contribution in [0.2, 0.25) is 0 Å². The Labute approximate surface area is 116 Å².